The van der Waals surface area contributed by atoms with Crippen molar-refractivity contribution in [2.24, 2.45) is 0 Å². The van der Waals surface area contributed by atoms with Gasteiger partial charge in [-0.3, -0.25) is 14.3 Å². The van der Waals surface area contributed by atoms with Crippen LogP contribution in [-0.2, 0) is 14.8 Å². The zero-order valence-electron chi connectivity index (χ0n) is 16.6. The number of carbonyl (C=O) groups excluding carboxylic acids is 2. The predicted molar refractivity (Wildman–Crippen MR) is 110 cm³/mol. The number of carbonyl (C=O) groups is 2. The van der Waals surface area contributed by atoms with Gasteiger partial charge in [0.25, 0.3) is 15.9 Å². The minimum atomic E-state index is -3.83. The van der Waals surface area contributed by atoms with Crippen molar-refractivity contribution in [2.75, 3.05) is 17.9 Å². The fourth-order valence-corrected chi connectivity index (χ4v) is 3.50. The minimum Gasteiger partial charge on any atom is -0.494 e. The third-order valence-corrected chi connectivity index (χ3v) is 5.08. The maximum Gasteiger partial charge on any atom is 0.261 e. The molecule has 2 amide bonds. The Labute approximate surface area is 170 Å². The van der Waals surface area contributed by atoms with E-state index >= 15 is 0 Å². The first-order valence-corrected chi connectivity index (χ1v) is 10.6. The molecule has 2 aromatic rings. The number of amides is 2. The van der Waals surface area contributed by atoms with Gasteiger partial charge in [0.2, 0.25) is 5.91 Å². The Bertz CT molecular complexity index is 956. The van der Waals surface area contributed by atoms with Gasteiger partial charge in [-0.2, -0.15) is 0 Å². The van der Waals surface area contributed by atoms with Crippen LogP contribution < -0.4 is 20.1 Å². The van der Waals surface area contributed by atoms with Crippen LogP contribution in [0.1, 0.15) is 31.1 Å². The normalized spacial score (nSPS) is 11.0. The van der Waals surface area contributed by atoms with Crippen molar-refractivity contribution >= 4 is 27.5 Å². The number of ether oxygens (including phenoxy) is 1. The number of benzene rings is 2. The van der Waals surface area contributed by atoms with Crippen LogP contribution in [0.15, 0.2) is 53.4 Å². The van der Waals surface area contributed by atoms with Gasteiger partial charge in [0.05, 0.1) is 18.0 Å². The van der Waals surface area contributed by atoms with E-state index in [0.717, 1.165) is 0 Å². The molecule has 8 nitrogen and oxygen atoms in total. The average molecular weight is 420 g/mol. The molecule has 9 heteroatoms. The van der Waals surface area contributed by atoms with Crippen LogP contribution in [0.3, 0.4) is 0 Å². The Hall–Kier alpha value is -3.07. The summed E-state index contributed by atoms with van der Waals surface area (Å²) in [5.41, 5.74) is 0.465. The molecule has 0 unspecified atom stereocenters. The molecule has 2 aromatic carbocycles. The number of rotatable bonds is 9. The second-order valence-corrected chi connectivity index (χ2v) is 8.18. The van der Waals surface area contributed by atoms with Crippen LogP contribution in [0.2, 0.25) is 0 Å². The summed E-state index contributed by atoms with van der Waals surface area (Å²) in [4.78, 5) is 23.9. The van der Waals surface area contributed by atoms with Crippen LogP contribution >= 0.6 is 0 Å². The first kappa shape index (κ1) is 22.2. The average Bonchev–Trinajstić information content (AvgIpc) is 2.66. The molecule has 0 bridgehead atoms. The van der Waals surface area contributed by atoms with Crippen LogP contribution in [0, 0.1) is 0 Å². The molecule has 156 valence electrons. The van der Waals surface area contributed by atoms with Crippen molar-refractivity contribution in [3.8, 4) is 5.75 Å². The molecule has 0 fully saturated rings. The van der Waals surface area contributed by atoms with E-state index in [4.69, 9.17) is 4.74 Å². The third-order valence-electron chi connectivity index (χ3n) is 3.68. The third kappa shape index (κ3) is 6.79. The minimum absolute atomic E-state index is 0.0280. The van der Waals surface area contributed by atoms with Crippen LogP contribution in [0.4, 0.5) is 5.69 Å². The summed E-state index contributed by atoms with van der Waals surface area (Å²) >= 11 is 0. The van der Waals surface area contributed by atoms with E-state index in [-0.39, 0.29) is 34.6 Å². The molecular weight excluding hydrogens is 394 g/mol. The van der Waals surface area contributed by atoms with Gasteiger partial charge >= 0.3 is 0 Å². The zero-order valence-corrected chi connectivity index (χ0v) is 17.4. The van der Waals surface area contributed by atoms with E-state index in [1.807, 2.05) is 20.8 Å². The van der Waals surface area contributed by atoms with E-state index < -0.39 is 15.9 Å². The second-order valence-electron chi connectivity index (χ2n) is 6.50. The highest BCUT2D eigenvalue weighted by atomic mass is 32.2. The summed E-state index contributed by atoms with van der Waals surface area (Å²) in [7, 11) is -3.83. The van der Waals surface area contributed by atoms with Crippen molar-refractivity contribution in [1.29, 1.82) is 0 Å². The summed E-state index contributed by atoms with van der Waals surface area (Å²) in [6.07, 6.45) is 0. The van der Waals surface area contributed by atoms with E-state index in [0.29, 0.717) is 12.4 Å². The van der Waals surface area contributed by atoms with Gasteiger partial charge in [-0.15, -0.1) is 0 Å². The highest BCUT2D eigenvalue weighted by Gasteiger charge is 2.16. The van der Waals surface area contributed by atoms with Gasteiger partial charge in [-0.05, 0) is 63.2 Å². The van der Waals surface area contributed by atoms with Crippen LogP contribution in [-0.4, -0.2) is 39.4 Å². The van der Waals surface area contributed by atoms with E-state index in [9.17, 15) is 18.0 Å². The molecular formula is C20H25N3O5S. The van der Waals surface area contributed by atoms with Crippen LogP contribution in [0.25, 0.3) is 0 Å². The fourth-order valence-electron chi connectivity index (χ4n) is 2.46. The second kappa shape index (κ2) is 9.92. The number of hydrogen-bond acceptors (Lipinski definition) is 5. The maximum absolute atomic E-state index is 12.6. The number of hydrogen-bond donors (Lipinski definition) is 3. The van der Waals surface area contributed by atoms with Crippen molar-refractivity contribution in [2.45, 2.75) is 31.7 Å². The molecule has 0 atom stereocenters. The number of nitrogens with one attached hydrogen (secondary N) is 3. The van der Waals surface area contributed by atoms with Crippen LogP contribution in [0.5, 0.6) is 5.75 Å². The highest BCUT2D eigenvalue weighted by molar-refractivity contribution is 7.92. The summed E-state index contributed by atoms with van der Waals surface area (Å²) in [6.45, 7) is 5.79. The Kier molecular flexibility index (Phi) is 7.60. The lowest BCUT2D eigenvalue weighted by atomic mass is 10.2. The molecule has 0 aliphatic carbocycles. The van der Waals surface area contributed by atoms with E-state index in [1.54, 1.807) is 18.2 Å². The lowest BCUT2D eigenvalue weighted by Gasteiger charge is -2.11. The summed E-state index contributed by atoms with van der Waals surface area (Å²) in [5.74, 6) is -0.210. The van der Waals surface area contributed by atoms with Gasteiger partial charge in [-0.1, -0.05) is 6.07 Å². The molecule has 3 N–H and O–H groups in total. The monoisotopic (exact) mass is 419 g/mol. The Morgan fingerprint density at radius 3 is 2.38 bits per heavy atom. The maximum atomic E-state index is 12.6. The standard InChI is InChI=1S/C20H25N3O5S/c1-4-28-17-8-10-18(11-9-17)29(26,27)23-16-7-5-6-15(12-16)20(25)21-13-19(24)22-14(2)3/h5-12,14,23H,4,13H2,1-3H3,(H,21,25)(H,22,24). The first-order valence-electron chi connectivity index (χ1n) is 9.14. The summed E-state index contributed by atoms with van der Waals surface area (Å²) in [5, 5.41) is 5.17. The molecule has 0 aromatic heterocycles. The number of sulfonamides is 1. The van der Waals surface area contributed by atoms with E-state index in [2.05, 4.69) is 15.4 Å². The molecule has 0 radical (unpaired) electrons. The molecule has 0 spiro atoms. The van der Waals surface area contributed by atoms with Gasteiger partial charge in [0.1, 0.15) is 5.75 Å². The van der Waals surface area contributed by atoms with Crippen molar-refractivity contribution in [3.05, 3.63) is 54.1 Å². The lowest BCUT2D eigenvalue weighted by molar-refractivity contribution is -0.120. The zero-order chi connectivity index (χ0) is 21.4. The molecule has 29 heavy (non-hydrogen) atoms. The highest BCUT2D eigenvalue weighted by Crippen LogP contribution is 2.20. The molecule has 0 aliphatic rings. The summed E-state index contributed by atoms with van der Waals surface area (Å²) < 4.78 is 32.9. The quantitative estimate of drug-likeness (QED) is 0.576. The SMILES string of the molecule is CCOc1ccc(S(=O)(=O)Nc2cccc(C(=O)NCC(=O)NC(C)C)c2)cc1. The largest absolute Gasteiger partial charge is 0.494 e. The fraction of sp³-hybridized carbons (Fsp3) is 0.300. The van der Waals surface area contributed by atoms with Gasteiger partial charge in [0.15, 0.2) is 0 Å². The van der Waals surface area contributed by atoms with Gasteiger partial charge in [-0.25, -0.2) is 8.42 Å². The Morgan fingerprint density at radius 2 is 1.76 bits per heavy atom. The van der Waals surface area contributed by atoms with Gasteiger partial charge < -0.3 is 15.4 Å². The molecule has 0 saturated carbocycles. The number of anilines is 1. The molecule has 0 aliphatic heterocycles. The molecule has 0 saturated heterocycles. The molecule has 2 rings (SSSR count). The van der Waals surface area contributed by atoms with Gasteiger partial charge in [0, 0.05) is 17.3 Å². The Morgan fingerprint density at radius 1 is 1.07 bits per heavy atom. The van der Waals surface area contributed by atoms with Crippen molar-refractivity contribution in [3.63, 3.8) is 0 Å². The van der Waals surface area contributed by atoms with E-state index in [1.165, 1.54) is 30.3 Å². The Balaban J connectivity index is 2.06. The predicted octanol–water partition coefficient (Wildman–Crippen LogP) is 2.14. The topological polar surface area (TPSA) is 114 Å². The summed E-state index contributed by atoms with van der Waals surface area (Å²) in [6, 6.07) is 12.0. The van der Waals surface area contributed by atoms with Crippen molar-refractivity contribution < 1.29 is 22.7 Å². The first-order chi connectivity index (χ1) is 13.7. The smallest absolute Gasteiger partial charge is 0.261 e. The lowest BCUT2D eigenvalue weighted by Crippen LogP contribution is -2.39. The molecule has 0 heterocycles. The van der Waals surface area contributed by atoms with Crippen molar-refractivity contribution in [1.82, 2.24) is 10.6 Å².